The first-order valence-corrected chi connectivity index (χ1v) is 5.04. The van der Waals surface area contributed by atoms with E-state index in [0.29, 0.717) is 17.9 Å². The maximum atomic E-state index is 11.3. The van der Waals surface area contributed by atoms with Gasteiger partial charge in [0.2, 0.25) is 0 Å². The van der Waals surface area contributed by atoms with Crippen LogP contribution >= 0.6 is 0 Å². The first kappa shape index (κ1) is 11.3. The van der Waals surface area contributed by atoms with E-state index in [1.807, 2.05) is 0 Å². The normalized spacial score (nSPS) is 17.4. The highest BCUT2D eigenvalue weighted by Crippen LogP contribution is 2.30. The smallest absolute Gasteiger partial charge is 0.337 e. The molecule has 0 aromatic heterocycles. The number of nitrogens with one attached hydrogen (secondary N) is 1. The molecule has 0 spiro atoms. The average molecular weight is 236 g/mol. The SMILES string of the molecule is COC(=O)c1ccc2c(c1)OC(C(N)=O)CN2. The van der Waals surface area contributed by atoms with Crippen LogP contribution in [0.1, 0.15) is 10.4 Å². The number of carbonyl (C=O) groups excluding carboxylic acids is 2. The van der Waals surface area contributed by atoms with E-state index in [4.69, 9.17) is 10.5 Å². The van der Waals surface area contributed by atoms with Crippen molar-refractivity contribution < 1.29 is 19.1 Å². The van der Waals surface area contributed by atoms with Crippen molar-refractivity contribution in [3.05, 3.63) is 23.8 Å². The number of carbonyl (C=O) groups is 2. The van der Waals surface area contributed by atoms with Gasteiger partial charge in [-0.1, -0.05) is 0 Å². The second kappa shape index (κ2) is 4.32. The van der Waals surface area contributed by atoms with Crippen molar-refractivity contribution in [1.82, 2.24) is 0 Å². The topological polar surface area (TPSA) is 90.7 Å². The van der Waals surface area contributed by atoms with E-state index in [0.717, 1.165) is 5.69 Å². The Kier molecular flexibility index (Phi) is 2.86. The van der Waals surface area contributed by atoms with Crippen molar-refractivity contribution in [2.24, 2.45) is 5.73 Å². The highest BCUT2D eigenvalue weighted by Gasteiger charge is 2.24. The van der Waals surface area contributed by atoms with E-state index >= 15 is 0 Å². The molecule has 1 aromatic rings. The van der Waals surface area contributed by atoms with Crippen LogP contribution in [0.2, 0.25) is 0 Å². The van der Waals surface area contributed by atoms with Gasteiger partial charge in [-0.15, -0.1) is 0 Å². The monoisotopic (exact) mass is 236 g/mol. The number of methoxy groups -OCH3 is 1. The Labute approximate surface area is 97.7 Å². The van der Waals surface area contributed by atoms with Crippen molar-refractivity contribution >= 4 is 17.6 Å². The average Bonchev–Trinajstić information content (AvgIpc) is 2.36. The van der Waals surface area contributed by atoms with Crippen LogP contribution in [0, 0.1) is 0 Å². The summed E-state index contributed by atoms with van der Waals surface area (Å²) in [5.74, 6) is -0.591. The molecule has 6 heteroatoms. The minimum absolute atomic E-state index is 0.319. The van der Waals surface area contributed by atoms with E-state index in [1.54, 1.807) is 12.1 Å². The number of anilines is 1. The van der Waals surface area contributed by atoms with Gasteiger partial charge in [0.25, 0.3) is 5.91 Å². The lowest BCUT2D eigenvalue weighted by molar-refractivity contribution is -0.124. The highest BCUT2D eigenvalue weighted by atomic mass is 16.5. The number of benzene rings is 1. The number of fused-ring (bicyclic) bond motifs is 1. The van der Waals surface area contributed by atoms with Gasteiger partial charge in [-0.2, -0.15) is 0 Å². The van der Waals surface area contributed by atoms with E-state index in [2.05, 4.69) is 10.1 Å². The van der Waals surface area contributed by atoms with Crippen molar-refractivity contribution in [2.45, 2.75) is 6.10 Å². The first-order chi connectivity index (χ1) is 8.11. The quantitative estimate of drug-likeness (QED) is 0.712. The van der Waals surface area contributed by atoms with E-state index in [1.165, 1.54) is 13.2 Å². The van der Waals surface area contributed by atoms with Crippen molar-refractivity contribution in [2.75, 3.05) is 19.0 Å². The van der Waals surface area contributed by atoms with Gasteiger partial charge >= 0.3 is 5.97 Å². The van der Waals surface area contributed by atoms with Gasteiger partial charge in [0.15, 0.2) is 6.10 Å². The number of hydrogen-bond acceptors (Lipinski definition) is 5. The molecule has 1 atom stereocenters. The van der Waals surface area contributed by atoms with Crippen LogP contribution in [-0.4, -0.2) is 31.6 Å². The summed E-state index contributed by atoms with van der Waals surface area (Å²) in [5, 5.41) is 3.00. The van der Waals surface area contributed by atoms with Gasteiger partial charge in [-0.3, -0.25) is 4.79 Å². The Morgan fingerprint density at radius 3 is 2.94 bits per heavy atom. The van der Waals surface area contributed by atoms with Crippen LogP contribution in [0.25, 0.3) is 0 Å². The Balaban J connectivity index is 2.29. The zero-order chi connectivity index (χ0) is 12.4. The fourth-order valence-corrected chi connectivity index (χ4v) is 1.57. The lowest BCUT2D eigenvalue weighted by Gasteiger charge is -2.25. The second-order valence-corrected chi connectivity index (χ2v) is 3.59. The molecule has 90 valence electrons. The summed E-state index contributed by atoms with van der Waals surface area (Å²) < 4.78 is 9.98. The fraction of sp³-hybridized carbons (Fsp3) is 0.273. The molecule has 0 saturated heterocycles. The summed E-state index contributed by atoms with van der Waals surface area (Å²) in [4.78, 5) is 22.3. The number of amides is 1. The Morgan fingerprint density at radius 2 is 2.29 bits per heavy atom. The zero-order valence-electron chi connectivity index (χ0n) is 9.23. The highest BCUT2D eigenvalue weighted by molar-refractivity contribution is 5.91. The standard InChI is InChI=1S/C11H12N2O4/c1-16-11(15)6-2-3-7-8(4-6)17-9(5-13-7)10(12)14/h2-4,9,13H,5H2,1H3,(H2,12,14). The Morgan fingerprint density at radius 1 is 1.53 bits per heavy atom. The number of primary amides is 1. The summed E-state index contributed by atoms with van der Waals surface area (Å²) in [6.07, 6.45) is -0.726. The maximum Gasteiger partial charge on any atom is 0.337 e. The predicted octanol–water partition coefficient (Wildman–Crippen LogP) is 0.131. The summed E-state index contributed by atoms with van der Waals surface area (Å²) in [6.45, 7) is 0.319. The van der Waals surface area contributed by atoms with E-state index in [-0.39, 0.29) is 0 Å². The molecule has 0 aliphatic carbocycles. The van der Waals surface area contributed by atoms with Gasteiger partial charge in [0.05, 0.1) is 24.9 Å². The lowest BCUT2D eigenvalue weighted by atomic mass is 10.1. The van der Waals surface area contributed by atoms with Gasteiger partial charge in [-0.25, -0.2) is 4.79 Å². The molecule has 1 aliphatic heterocycles. The molecule has 0 radical (unpaired) electrons. The number of nitrogens with two attached hydrogens (primary N) is 1. The summed E-state index contributed by atoms with van der Waals surface area (Å²) >= 11 is 0. The molecular weight excluding hydrogens is 224 g/mol. The molecule has 1 heterocycles. The van der Waals surface area contributed by atoms with Crippen LogP contribution in [0.5, 0.6) is 5.75 Å². The number of ether oxygens (including phenoxy) is 2. The third kappa shape index (κ3) is 2.15. The summed E-state index contributed by atoms with van der Waals surface area (Å²) in [7, 11) is 1.30. The third-order valence-electron chi connectivity index (χ3n) is 2.47. The van der Waals surface area contributed by atoms with Crippen LogP contribution in [0.4, 0.5) is 5.69 Å². The number of rotatable bonds is 2. The largest absolute Gasteiger partial charge is 0.477 e. The molecule has 3 N–H and O–H groups in total. The van der Waals surface area contributed by atoms with Crippen LogP contribution in [0.15, 0.2) is 18.2 Å². The zero-order valence-corrected chi connectivity index (χ0v) is 9.23. The molecule has 0 saturated carbocycles. The molecule has 0 fully saturated rings. The molecule has 1 amide bonds. The molecule has 1 aliphatic rings. The van der Waals surface area contributed by atoms with E-state index < -0.39 is 18.0 Å². The van der Waals surface area contributed by atoms with E-state index in [9.17, 15) is 9.59 Å². The Bertz CT molecular complexity index is 473. The molecule has 1 unspecified atom stereocenters. The fourth-order valence-electron chi connectivity index (χ4n) is 1.57. The second-order valence-electron chi connectivity index (χ2n) is 3.59. The van der Waals surface area contributed by atoms with Gasteiger partial charge in [0, 0.05) is 0 Å². The number of hydrogen-bond donors (Lipinski definition) is 2. The maximum absolute atomic E-state index is 11.3. The van der Waals surface area contributed by atoms with Crippen molar-refractivity contribution in [1.29, 1.82) is 0 Å². The van der Waals surface area contributed by atoms with Gasteiger partial charge in [-0.05, 0) is 18.2 Å². The predicted molar refractivity (Wildman–Crippen MR) is 59.9 cm³/mol. The van der Waals surface area contributed by atoms with Crippen LogP contribution in [-0.2, 0) is 9.53 Å². The molecule has 2 rings (SSSR count). The minimum Gasteiger partial charge on any atom is -0.477 e. The summed E-state index contributed by atoms with van der Waals surface area (Å²) in [5.41, 5.74) is 6.23. The lowest BCUT2D eigenvalue weighted by Crippen LogP contribution is -2.41. The van der Waals surface area contributed by atoms with Crippen molar-refractivity contribution in [3.8, 4) is 5.75 Å². The first-order valence-electron chi connectivity index (χ1n) is 5.04. The molecular formula is C11H12N2O4. The summed E-state index contributed by atoms with van der Waals surface area (Å²) in [6, 6.07) is 4.83. The third-order valence-corrected chi connectivity index (χ3v) is 2.47. The minimum atomic E-state index is -0.726. The molecule has 6 nitrogen and oxygen atoms in total. The molecule has 1 aromatic carbocycles. The Hall–Kier alpha value is -2.24. The van der Waals surface area contributed by atoms with Gasteiger partial charge in [0.1, 0.15) is 5.75 Å². The molecule has 17 heavy (non-hydrogen) atoms. The van der Waals surface area contributed by atoms with Gasteiger partial charge < -0.3 is 20.5 Å². The van der Waals surface area contributed by atoms with Crippen LogP contribution in [0.3, 0.4) is 0 Å². The van der Waals surface area contributed by atoms with Crippen molar-refractivity contribution in [3.63, 3.8) is 0 Å². The number of esters is 1. The van der Waals surface area contributed by atoms with Crippen LogP contribution < -0.4 is 15.8 Å². The molecule has 0 bridgehead atoms.